The summed E-state index contributed by atoms with van der Waals surface area (Å²) < 4.78 is 0. The van der Waals surface area contributed by atoms with Crippen LogP contribution in [-0.4, -0.2) is 51.2 Å². The molecule has 0 unspecified atom stereocenters. The van der Waals surface area contributed by atoms with Gasteiger partial charge in [0.2, 0.25) is 0 Å². The van der Waals surface area contributed by atoms with Crippen LogP contribution in [0.5, 0.6) is 0 Å². The fourth-order valence-corrected chi connectivity index (χ4v) is 2.49. The van der Waals surface area contributed by atoms with Gasteiger partial charge in [0.1, 0.15) is 17.4 Å². The van der Waals surface area contributed by atoms with E-state index in [2.05, 4.69) is 43.5 Å². The number of hydrogen-bond acceptors (Lipinski definition) is 5. The molecule has 3 rings (SSSR count). The largest absolute Gasteiger partial charge is 0.372 e. The Bertz CT molecular complexity index is 609. The van der Waals surface area contributed by atoms with E-state index in [-0.39, 0.29) is 0 Å². The Morgan fingerprint density at radius 3 is 2.68 bits per heavy atom. The number of hydrogen-bond donors (Lipinski definition) is 1. The summed E-state index contributed by atoms with van der Waals surface area (Å²) in [5.41, 5.74) is 3.89. The second kappa shape index (κ2) is 4.53. The lowest BCUT2D eigenvalue weighted by Gasteiger charge is -2.36. The van der Waals surface area contributed by atoms with Crippen molar-refractivity contribution < 1.29 is 0 Å². The fourth-order valence-electron chi connectivity index (χ4n) is 2.49. The Labute approximate surface area is 112 Å². The van der Waals surface area contributed by atoms with Crippen molar-refractivity contribution in [3.63, 3.8) is 0 Å². The molecule has 0 amide bonds. The molecule has 100 valence electrons. The molecule has 19 heavy (non-hydrogen) atoms. The van der Waals surface area contributed by atoms with Crippen LogP contribution >= 0.6 is 0 Å². The van der Waals surface area contributed by atoms with Crippen LogP contribution in [0.3, 0.4) is 0 Å². The molecule has 1 saturated heterocycles. The van der Waals surface area contributed by atoms with Crippen molar-refractivity contribution >= 4 is 16.9 Å². The third kappa shape index (κ3) is 2.03. The van der Waals surface area contributed by atoms with Gasteiger partial charge in [-0.05, 0) is 13.8 Å². The second-order valence-electron chi connectivity index (χ2n) is 4.94. The topological polar surface area (TPSA) is 60.9 Å². The molecule has 1 aliphatic rings. The van der Waals surface area contributed by atoms with Gasteiger partial charge in [-0.2, -0.15) is 5.10 Å². The minimum absolute atomic E-state index is 0.910. The van der Waals surface area contributed by atoms with E-state index in [9.17, 15) is 0 Å². The van der Waals surface area contributed by atoms with E-state index in [1.807, 2.05) is 6.92 Å². The van der Waals surface area contributed by atoms with Crippen LogP contribution in [-0.2, 0) is 0 Å². The molecule has 0 saturated carbocycles. The maximum Gasteiger partial charge on any atom is 0.158 e. The van der Waals surface area contributed by atoms with Crippen molar-refractivity contribution in [1.29, 1.82) is 0 Å². The van der Waals surface area contributed by atoms with Crippen LogP contribution in [0.25, 0.3) is 11.0 Å². The van der Waals surface area contributed by atoms with Gasteiger partial charge in [-0.1, -0.05) is 6.58 Å². The van der Waals surface area contributed by atoms with Gasteiger partial charge in [0, 0.05) is 31.9 Å². The molecule has 0 spiro atoms. The summed E-state index contributed by atoms with van der Waals surface area (Å²) in [5, 5.41) is 7.26. The third-order valence-electron chi connectivity index (χ3n) is 3.62. The first kappa shape index (κ1) is 12.0. The number of nitrogens with one attached hydrogen (secondary N) is 1. The summed E-state index contributed by atoms with van der Waals surface area (Å²) in [5.74, 6) is 0.951. The summed E-state index contributed by atoms with van der Waals surface area (Å²) in [4.78, 5) is 13.3. The van der Waals surface area contributed by atoms with Gasteiger partial charge in [0.15, 0.2) is 5.82 Å². The maximum atomic E-state index is 4.42. The smallest absolute Gasteiger partial charge is 0.158 e. The van der Waals surface area contributed by atoms with Crippen molar-refractivity contribution in [3.05, 3.63) is 24.3 Å². The van der Waals surface area contributed by atoms with E-state index < -0.39 is 0 Å². The summed E-state index contributed by atoms with van der Waals surface area (Å²) >= 11 is 0. The minimum Gasteiger partial charge on any atom is -0.372 e. The molecule has 6 nitrogen and oxygen atoms in total. The summed E-state index contributed by atoms with van der Waals surface area (Å²) in [7, 11) is 0. The molecular weight excluding hydrogens is 240 g/mol. The van der Waals surface area contributed by atoms with Crippen molar-refractivity contribution in [2.24, 2.45) is 0 Å². The molecule has 2 aromatic heterocycles. The number of fused-ring (bicyclic) bond motifs is 1. The number of aromatic nitrogens is 4. The Morgan fingerprint density at radius 2 is 2.00 bits per heavy atom. The Balaban J connectivity index is 1.88. The Morgan fingerprint density at radius 1 is 1.26 bits per heavy atom. The molecule has 1 aliphatic heterocycles. The molecule has 0 bridgehead atoms. The zero-order chi connectivity index (χ0) is 13.4. The van der Waals surface area contributed by atoms with E-state index in [0.29, 0.717) is 0 Å². The van der Waals surface area contributed by atoms with E-state index in [0.717, 1.165) is 54.4 Å². The number of aromatic amines is 1. The average Bonchev–Trinajstić information content (AvgIpc) is 2.81. The molecule has 2 aromatic rings. The number of H-pyrrole nitrogens is 1. The number of piperazine rings is 1. The molecule has 0 aromatic carbocycles. The lowest BCUT2D eigenvalue weighted by Crippen LogP contribution is -2.45. The fraction of sp³-hybridized carbons (Fsp3) is 0.462. The van der Waals surface area contributed by atoms with Gasteiger partial charge in [-0.25, -0.2) is 9.97 Å². The lowest BCUT2D eigenvalue weighted by molar-refractivity contribution is 0.323. The highest BCUT2D eigenvalue weighted by Gasteiger charge is 2.20. The third-order valence-corrected chi connectivity index (χ3v) is 3.62. The molecule has 0 radical (unpaired) electrons. The number of allylic oxidation sites excluding steroid dienone is 1. The second-order valence-corrected chi connectivity index (χ2v) is 4.94. The van der Waals surface area contributed by atoms with E-state index >= 15 is 0 Å². The quantitative estimate of drug-likeness (QED) is 0.880. The Kier molecular flexibility index (Phi) is 2.85. The first-order valence-corrected chi connectivity index (χ1v) is 6.48. The highest BCUT2D eigenvalue weighted by atomic mass is 15.3. The van der Waals surface area contributed by atoms with Crippen molar-refractivity contribution in [2.75, 3.05) is 31.1 Å². The normalized spacial score (nSPS) is 16.1. The zero-order valence-electron chi connectivity index (χ0n) is 11.3. The summed E-state index contributed by atoms with van der Waals surface area (Å²) in [6, 6.07) is 0. The standard InChI is InChI=1S/C13H18N6/c1-9(2)18-4-6-19(7-5-18)13-12-11(14-8-15-13)10(3)16-17-12/h8H,1,4-7H2,2-3H3,(H,16,17). The summed E-state index contributed by atoms with van der Waals surface area (Å²) in [6.45, 7) is 11.8. The first-order valence-electron chi connectivity index (χ1n) is 6.48. The van der Waals surface area contributed by atoms with Crippen LogP contribution in [0.1, 0.15) is 12.6 Å². The summed E-state index contributed by atoms with van der Waals surface area (Å²) in [6.07, 6.45) is 1.62. The first-order chi connectivity index (χ1) is 9.16. The molecular formula is C13H18N6. The molecule has 0 aliphatic carbocycles. The maximum absolute atomic E-state index is 4.42. The van der Waals surface area contributed by atoms with Gasteiger partial charge in [0.05, 0.1) is 5.69 Å². The van der Waals surface area contributed by atoms with Gasteiger partial charge >= 0.3 is 0 Å². The predicted octanol–water partition coefficient (Wildman–Crippen LogP) is 1.32. The number of rotatable bonds is 2. The Hall–Kier alpha value is -2.11. The monoisotopic (exact) mass is 258 g/mol. The molecule has 1 N–H and O–H groups in total. The van der Waals surface area contributed by atoms with Crippen LogP contribution in [0.15, 0.2) is 18.6 Å². The van der Waals surface area contributed by atoms with Crippen LogP contribution in [0.2, 0.25) is 0 Å². The van der Waals surface area contributed by atoms with Crippen LogP contribution in [0.4, 0.5) is 5.82 Å². The molecule has 6 heteroatoms. The zero-order valence-corrected chi connectivity index (χ0v) is 11.3. The van der Waals surface area contributed by atoms with E-state index in [1.54, 1.807) is 6.33 Å². The highest BCUT2D eigenvalue weighted by molar-refractivity contribution is 5.86. The van der Waals surface area contributed by atoms with Gasteiger partial charge in [-0.3, -0.25) is 5.10 Å². The van der Waals surface area contributed by atoms with Crippen LogP contribution in [0, 0.1) is 6.92 Å². The van der Waals surface area contributed by atoms with E-state index in [1.165, 1.54) is 0 Å². The highest BCUT2D eigenvalue weighted by Crippen LogP contribution is 2.23. The number of anilines is 1. The van der Waals surface area contributed by atoms with Crippen LogP contribution < -0.4 is 4.90 Å². The van der Waals surface area contributed by atoms with Gasteiger partial charge in [-0.15, -0.1) is 0 Å². The van der Waals surface area contributed by atoms with Gasteiger partial charge < -0.3 is 9.80 Å². The molecule has 1 fully saturated rings. The predicted molar refractivity (Wildman–Crippen MR) is 75.0 cm³/mol. The molecule has 0 atom stereocenters. The van der Waals surface area contributed by atoms with Crippen molar-refractivity contribution in [2.45, 2.75) is 13.8 Å². The lowest BCUT2D eigenvalue weighted by atomic mass is 10.2. The molecule has 3 heterocycles. The van der Waals surface area contributed by atoms with Crippen molar-refractivity contribution in [3.8, 4) is 0 Å². The van der Waals surface area contributed by atoms with E-state index in [4.69, 9.17) is 0 Å². The minimum atomic E-state index is 0.910. The van der Waals surface area contributed by atoms with Crippen molar-refractivity contribution in [1.82, 2.24) is 25.1 Å². The average molecular weight is 258 g/mol. The SMILES string of the molecule is C=C(C)N1CCN(c2ncnc3c(C)n[nH]c23)CC1. The van der Waals surface area contributed by atoms with Gasteiger partial charge in [0.25, 0.3) is 0 Å². The number of nitrogens with zero attached hydrogens (tertiary/aromatic N) is 5. The number of aryl methyl sites for hydroxylation is 1.